The molecule has 0 radical (unpaired) electrons. The van der Waals surface area contributed by atoms with E-state index in [-0.39, 0.29) is 17.8 Å². The molecular formula is C13H14F3N3O2. The summed E-state index contributed by atoms with van der Waals surface area (Å²) in [6.45, 7) is 0. The van der Waals surface area contributed by atoms with Gasteiger partial charge in [-0.25, -0.2) is 0 Å². The van der Waals surface area contributed by atoms with Gasteiger partial charge in [-0.3, -0.25) is 9.48 Å². The van der Waals surface area contributed by atoms with Crippen molar-refractivity contribution < 1.29 is 22.7 Å². The summed E-state index contributed by atoms with van der Waals surface area (Å²) in [7, 11) is 1.44. The molecule has 0 spiro atoms. The van der Waals surface area contributed by atoms with Gasteiger partial charge in [0, 0.05) is 24.2 Å². The number of hydrogen-bond donors (Lipinski definition) is 1. The number of alkyl halides is 3. The maximum absolute atomic E-state index is 13.2. The van der Waals surface area contributed by atoms with Gasteiger partial charge in [-0.1, -0.05) is 0 Å². The summed E-state index contributed by atoms with van der Waals surface area (Å²) in [4.78, 5) is 11.9. The molecule has 114 valence electrons. The molecule has 2 bridgehead atoms. The summed E-state index contributed by atoms with van der Waals surface area (Å²) < 4.78 is 46.6. The van der Waals surface area contributed by atoms with Gasteiger partial charge < -0.3 is 10.5 Å². The number of hydrogen-bond acceptors (Lipinski definition) is 3. The van der Waals surface area contributed by atoms with Crippen LogP contribution in [0.3, 0.4) is 0 Å². The molecule has 8 heteroatoms. The molecule has 1 aromatic rings. The lowest BCUT2D eigenvalue weighted by Gasteiger charge is -2.25. The fourth-order valence-corrected chi connectivity index (χ4v) is 4.56. The maximum atomic E-state index is 13.2. The van der Waals surface area contributed by atoms with Crippen LogP contribution in [0.25, 0.3) is 0 Å². The van der Waals surface area contributed by atoms with Crippen LogP contribution in [0.5, 0.6) is 0 Å². The lowest BCUT2D eigenvalue weighted by Crippen LogP contribution is -2.40. The summed E-state index contributed by atoms with van der Waals surface area (Å²) >= 11 is 0. The van der Waals surface area contributed by atoms with Gasteiger partial charge in [-0.15, -0.1) is 0 Å². The van der Waals surface area contributed by atoms with Gasteiger partial charge in [-0.2, -0.15) is 18.3 Å². The van der Waals surface area contributed by atoms with E-state index in [2.05, 4.69) is 5.10 Å². The standard InChI is InChI=1S/C13H14F3N3O2/c1-19-4-6(9(18-19)13(14,15)16)11-5-12(11,10(17)20)8-3-2-7(11)21-8/h4,7-8H,2-3,5H2,1H3,(H2,17,20). The Kier molecular flexibility index (Phi) is 2.14. The number of halogens is 3. The number of rotatable bonds is 2. The largest absolute Gasteiger partial charge is 0.435 e. The highest BCUT2D eigenvalue weighted by atomic mass is 19.4. The molecule has 3 aliphatic rings. The van der Waals surface area contributed by atoms with Crippen molar-refractivity contribution in [1.29, 1.82) is 0 Å². The first-order valence-corrected chi connectivity index (χ1v) is 6.80. The number of aryl methyl sites for hydroxylation is 1. The minimum absolute atomic E-state index is 0.0588. The Balaban J connectivity index is 1.91. The second-order valence-corrected chi connectivity index (χ2v) is 6.24. The van der Waals surface area contributed by atoms with Gasteiger partial charge in [0.1, 0.15) is 0 Å². The van der Waals surface area contributed by atoms with Crippen LogP contribution in [0.4, 0.5) is 13.2 Å². The van der Waals surface area contributed by atoms with Crippen molar-refractivity contribution in [3.63, 3.8) is 0 Å². The molecule has 0 aromatic carbocycles. The fraction of sp³-hybridized carbons (Fsp3) is 0.692. The molecule has 3 heterocycles. The van der Waals surface area contributed by atoms with Crippen LogP contribution in [0.15, 0.2) is 6.20 Å². The highest BCUT2D eigenvalue weighted by Crippen LogP contribution is 2.78. The molecule has 1 aliphatic carbocycles. The Bertz CT molecular complexity index is 656. The van der Waals surface area contributed by atoms with E-state index in [9.17, 15) is 18.0 Å². The van der Waals surface area contributed by atoms with Crippen molar-refractivity contribution in [2.45, 2.75) is 43.1 Å². The maximum Gasteiger partial charge on any atom is 0.435 e. The molecule has 4 rings (SSSR count). The van der Waals surface area contributed by atoms with E-state index in [0.29, 0.717) is 19.3 Å². The summed E-state index contributed by atoms with van der Waals surface area (Å²) in [5.41, 5.74) is 2.72. The molecule has 3 fully saturated rings. The number of carbonyl (C=O) groups is 1. The third kappa shape index (κ3) is 1.28. The number of amides is 1. The quantitative estimate of drug-likeness (QED) is 0.889. The number of nitrogens with two attached hydrogens (primary N) is 1. The Morgan fingerprint density at radius 1 is 1.48 bits per heavy atom. The van der Waals surface area contributed by atoms with Gasteiger partial charge in [0.2, 0.25) is 5.91 Å². The first kappa shape index (κ1) is 13.1. The minimum Gasteiger partial charge on any atom is -0.373 e. The fourth-order valence-electron chi connectivity index (χ4n) is 4.56. The molecule has 5 nitrogen and oxygen atoms in total. The zero-order chi connectivity index (χ0) is 15.2. The van der Waals surface area contributed by atoms with E-state index in [1.165, 1.54) is 13.2 Å². The van der Waals surface area contributed by atoms with Crippen molar-refractivity contribution in [3.05, 3.63) is 17.5 Å². The third-order valence-corrected chi connectivity index (χ3v) is 5.37. The monoisotopic (exact) mass is 301 g/mol. The Hall–Kier alpha value is -1.57. The van der Waals surface area contributed by atoms with Gasteiger partial charge in [0.15, 0.2) is 5.69 Å². The van der Waals surface area contributed by atoms with Crippen molar-refractivity contribution in [3.8, 4) is 0 Å². The van der Waals surface area contributed by atoms with E-state index >= 15 is 0 Å². The molecule has 2 N–H and O–H groups in total. The molecular weight excluding hydrogens is 287 g/mol. The number of carbonyl (C=O) groups excluding carboxylic acids is 1. The predicted molar refractivity (Wildman–Crippen MR) is 64.0 cm³/mol. The van der Waals surface area contributed by atoms with Gasteiger partial charge in [0.05, 0.1) is 17.6 Å². The average molecular weight is 301 g/mol. The molecule has 2 saturated heterocycles. The van der Waals surface area contributed by atoms with E-state index in [4.69, 9.17) is 10.5 Å². The van der Waals surface area contributed by atoms with E-state index in [1.54, 1.807) is 0 Å². The van der Waals surface area contributed by atoms with Gasteiger partial charge >= 0.3 is 6.18 Å². The Morgan fingerprint density at radius 3 is 2.76 bits per heavy atom. The van der Waals surface area contributed by atoms with Crippen LogP contribution in [-0.2, 0) is 28.2 Å². The van der Waals surface area contributed by atoms with E-state index < -0.39 is 28.6 Å². The van der Waals surface area contributed by atoms with Gasteiger partial charge in [0.25, 0.3) is 0 Å². The minimum atomic E-state index is -4.56. The van der Waals surface area contributed by atoms with E-state index in [1.807, 2.05) is 0 Å². The number of primary amides is 1. The van der Waals surface area contributed by atoms with Crippen molar-refractivity contribution in [2.75, 3.05) is 0 Å². The Morgan fingerprint density at radius 2 is 2.14 bits per heavy atom. The smallest absolute Gasteiger partial charge is 0.373 e. The zero-order valence-corrected chi connectivity index (χ0v) is 11.3. The van der Waals surface area contributed by atoms with E-state index in [0.717, 1.165) is 4.68 Å². The van der Waals surface area contributed by atoms with Crippen LogP contribution in [-0.4, -0.2) is 27.9 Å². The van der Waals surface area contributed by atoms with Gasteiger partial charge in [-0.05, 0) is 19.3 Å². The molecule has 1 amide bonds. The molecule has 2 aliphatic heterocycles. The first-order valence-electron chi connectivity index (χ1n) is 6.80. The average Bonchev–Trinajstić information content (AvgIpc) is 2.72. The summed E-state index contributed by atoms with van der Waals surface area (Å²) in [5.74, 6) is -0.563. The topological polar surface area (TPSA) is 70.1 Å². The van der Waals surface area contributed by atoms with Crippen molar-refractivity contribution in [2.24, 2.45) is 18.2 Å². The molecule has 1 saturated carbocycles. The normalized spacial score (nSPS) is 40.4. The van der Waals surface area contributed by atoms with Crippen LogP contribution in [0.2, 0.25) is 0 Å². The van der Waals surface area contributed by atoms with Crippen LogP contribution in [0, 0.1) is 5.41 Å². The van der Waals surface area contributed by atoms with Crippen LogP contribution in [0.1, 0.15) is 30.5 Å². The second kappa shape index (κ2) is 3.43. The number of nitrogens with zero attached hydrogens (tertiary/aromatic N) is 2. The molecule has 4 atom stereocenters. The summed E-state index contributed by atoms with van der Waals surface area (Å²) in [6, 6.07) is 0. The molecule has 21 heavy (non-hydrogen) atoms. The SMILES string of the molecule is Cn1cc(C23CC2(C(N)=O)C2CCC3O2)c(C(F)(F)F)n1. The van der Waals surface area contributed by atoms with Crippen LogP contribution >= 0.6 is 0 Å². The first-order chi connectivity index (χ1) is 9.73. The van der Waals surface area contributed by atoms with Crippen molar-refractivity contribution >= 4 is 5.91 Å². The number of fused-ring (bicyclic) bond motifs is 5. The lowest BCUT2D eigenvalue weighted by atomic mass is 9.75. The number of ether oxygens (including phenoxy) is 1. The molecule has 4 unspecified atom stereocenters. The Labute approximate surface area is 118 Å². The number of aromatic nitrogens is 2. The van der Waals surface area contributed by atoms with Crippen LogP contribution < -0.4 is 5.73 Å². The lowest BCUT2D eigenvalue weighted by molar-refractivity contribution is -0.142. The predicted octanol–water partition coefficient (Wildman–Crippen LogP) is 1.11. The van der Waals surface area contributed by atoms with Crippen molar-refractivity contribution in [1.82, 2.24) is 9.78 Å². The third-order valence-electron chi connectivity index (χ3n) is 5.37. The molecule has 1 aromatic heterocycles. The summed E-state index contributed by atoms with van der Waals surface area (Å²) in [6.07, 6.45) is -2.26. The highest BCUT2D eigenvalue weighted by molar-refractivity contribution is 5.90. The zero-order valence-electron chi connectivity index (χ0n) is 11.3. The summed E-state index contributed by atoms with van der Waals surface area (Å²) in [5, 5.41) is 3.56. The second-order valence-electron chi connectivity index (χ2n) is 6.24. The highest BCUT2D eigenvalue weighted by Gasteiger charge is 2.85.